The number of halogens is 2. The second-order valence-corrected chi connectivity index (χ2v) is 6.91. The molecule has 25 heavy (non-hydrogen) atoms. The summed E-state index contributed by atoms with van der Waals surface area (Å²) in [6, 6.07) is 4.28. The van der Waals surface area contributed by atoms with Gasteiger partial charge in [0.05, 0.1) is 0 Å². The number of rotatable bonds is 4. The molecule has 7 heteroatoms. The Morgan fingerprint density at radius 3 is 2.68 bits per heavy atom. The average Bonchev–Trinajstić information content (AvgIpc) is 2.61. The minimum atomic E-state index is 0. The number of hydrogen-bond donors (Lipinski definition) is 2. The molecule has 1 saturated heterocycles. The number of nitrogens with zero attached hydrogens (tertiary/aromatic N) is 2. The molecule has 1 aliphatic carbocycles. The van der Waals surface area contributed by atoms with Crippen LogP contribution in [0.25, 0.3) is 0 Å². The van der Waals surface area contributed by atoms with Crippen molar-refractivity contribution in [2.24, 2.45) is 11.7 Å². The van der Waals surface area contributed by atoms with Gasteiger partial charge in [0, 0.05) is 37.8 Å². The lowest BCUT2D eigenvalue weighted by Gasteiger charge is -2.28. The van der Waals surface area contributed by atoms with Gasteiger partial charge in [-0.05, 0) is 56.2 Å². The van der Waals surface area contributed by atoms with Gasteiger partial charge in [-0.2, -0.15) is 0 Å². The van der Waals surface area contributed by atoms with Crippen LogP contribution >= 0.6 is 24.8 Å². The Hall–Kier alpha value is -1.04. The van der Waals surface area contributed by atoms with Gasteiger partial charge in [0.25, 0.3) is 0 Å². The number of nitrogens with one attached hydrogen (secondary N) is 1. The molecule has 1 aromatic rings. The summed E-state index contributed by atoms with van der Waals surface area (Å²) < 4.78 is 0. The summed E-state index contributed by atoms with van der Waals surface area (Å²) in [5.41, 5.74) is 7.10. The third-order valence-electron chi connectivity index (χ3n) is 5.04. The second kappa shape index (κ2) is 10.8. The van der Waals surface area contributed by atoms with Gasteiger partial charge >= 0.3 is 0 Å². The van der Waals surface area contributed by atoms with Crippen LogP contribution in [-0.4, -0.2) is 30.0 Å². The van der Waals surface area contributed by atoms with Crippen LogP contribution in [0.3, 0.4) is 0 Å². The van der Waals surface area contributed by atoms with E-state index >= 15 is 0 Å². The maximum Gasteiger partial charge on any atom is 0.223 e. The molecular weight excluding hydrogens is 359 g/mol. The van der Waals surface area contributed by atoms with E-state index in [4.69, 9.17) is 5.73 Å². The van der Waals surface area contributed by atoms with Gasteiger partial charge in [-0.25, -0.2) is 4.98 Å². The molecule has 2 aliphatic rings. The molecule has 0 aromatic carbocycles. The lowest BCUT2D eigenvalue weighted by Crippen LogP contribution is -2.37. The fourth-order valence-corrected chi connectivity index (χ4v) is 3.67. The number of pyridine rings is 1. The molecule has 2 atom stereocenters. The van der Waals surface area contributed by atoms with Crippen LogP contribution in [0.2, 0.25) is 0 Å². The second-order valence-electron chi connectivity index (χ2n) is 6.91. The number of hydrogen-bond acceptors (Lipinski definition) is 4. The highest BCUT2D eigenvalue weighted by atomic mass is 35.5. The van der Waals surface area contributed by atoms with Gasteiger partial charge in [-0.1, -0.05) is 6.42 Å². The molecule has 5 nitrogen and oxygen atoms in total. The normalized spacial score (nSPS) is 23.2. The fraction of sp³-hybridized carbons (Fsp3) is 0.667. The van der Waals surface area contributed by atoms with E-state index in [1.165, 1.54) is 19.3 Å². The van der Waals surface area contributed by atoms with E-state index in [-0.39, 0.29) is 42.7 Å². The molecule has 1 aromatic heterocycles. The van der Waals surface area contributed by atoms with Crippen molar-refractivity contribution in [2.75, 3.05) is 18.0 Å². The van der Waals surface area contributed by atoms with Crippen molar-refractivity contribution in [3.63, 3.8) is 0 Å². The van der Waals surface area contributed by atoms with Crippen LogP contribution in [0.5, 0.6) is 0 Å². The van der Waals surface area contributed by atoms with Crippen LogP contribution in [0, 0.1) is 5.92 Å². The number of piperidine rings is 1. The zero-order chi connectivity index (χ0) is 16.1. The molecule has 0 bridgehead atoms. The van der Waals surface area contributed by atoms with Crippen LogP contribution in [0.4, 0.5) is 5.82 Å². The Morgan fingerprint density at radius 2 is 1.96 bits per heavy atom. The van der Waals surface area contributed by atoms with E-state index in [9.17, 15) is 4.79 Å². The Labute approximate surface area is 163 Å². The highest BCUT2D eigenvalue weighted by Crippen LogP contribution is 2.23. The molecule has 3 N–H and O–H groups in total. The summed E-state index contributed by atoms with van der Waals surface area (Å²) in [6.07, 6.45) is 9.55. The van der Waals surface area contributed by atoms with Gasteiger partial charge in [0.1, 0.15) is 5.82 Å². The molecular formula is C18H30Cl2N4O. The van der Waals surface area contributed by atoms with Gasteiger partial charge in [-0.3, -0.25) is 4.79 Å². The van der Waals surface area contributed by atoms with Gasteiger partial charge in [0.15, 0.2) is 0 Å². The lowest BCUT2D eigenvalue weighted by atomic mass is 9.85. The number of amides is 1. The minimum Gasteiger partial charge on any atom is -0.357 e. The van der Waals surface area contributed by atoms with E-state index in [0.717, 1.165) is 50.2 Å². The number of nitrogens with two attached hydrogens (primary N) is 1. The van der Waals surface area contributed by atoms with Gasteiger partial charge < -0.3 is 16.0 Å². The summed E-state index contributed by atoms with van der Waals surface area (Å²) >= 11 is 0. The number of aromatic nitrogens is 1. The van der Waals surface area contributed by atoms with Crippen molar-refractivity contribution in [1.82, 2.24) is 10.3 Å². The van der Waals surface area contributed by atoms with E-state index in [1.54, 1.807) is 0 Å². The van der Waals surface area contributed by atoms with E-state index in [2.05, 4.69) is 21.3 Å². The maximum atomic E-state index is 12.3. The molecule has 1 amide bonds. The third kappa shape index (κ3) is 6.32. The van der Waals surface area contributed by atoms with Crippen molar-refractivity contribution in [1.29, 1.82) is 0 Å². The monoisotopic (exact) mass is 388 g/mol. The number of carbonyl (C=O) groups excluding carboxylic acids is 1. The predicted octanol–water partition coefficient (Wildman–Crippen LogP) is 3.05. The van der Waals surface area contributed by atoms with Crippen molar-refractivity contribution in [3.8, 4) is 0 Å². The smallest absolute Gasteiger partial charge is 0.223 e. The molecule has 2 unspecified atom stereocenters. The first kappa shape index (κ1) is 22.0. The number of carbonyl (C=O) groups is 1. The Morgan fingerprint density at radius 1 is 1.20 bits per heavy atom. The van der Waals surface area contributed by atoms with E-state index in [1.807, 2.05) is 12.3 Å². The zero-order valence-electron chi connectivity index (χ0n) is 14.7. The van der Waals surface area contributed by atoms with Crippen LogP contribution in [0.15, 0.2) is 18.3 Å². The summed E-state index contributed by atoms with van der Waals surface area (Å²) in [5.74, 6) is 1.27. The highest BCUT2D eigenvalue weighted by Gasteiger charge is 2.25. The van der Waals surface area contributed by atoms with Gasteiger partial charge in [-0.15, -0.1) is 24.8 Å². The molecule has 142 valence electrons. The fourth-order valence-electron chi connectivity index (χ4n) is 3.67. The van der Waals surface area contributed by atoms with Crippen LogP contribution in [0.1, 0.15) is 50.5 Å². The standard InChI is InChI=1S/C18H28N4O.2ClH/c19-16-6-4-5-15(12-16)18(23)21-13-14-7-8-20-17(11-14)22-9-2-1-3-10-22;;/h7-8,11,15-16H,1-6,9-10,12-13,19H2,(H,21,23);2*1H. The largest absolute Gasteiger partial charge is 0.357 e. The molecule has 1 saturated carbocycles. The Balaban J connectivity index is 0.00000156. The van der Waals surface area contributed by atoms with E-state index < -0.39 is 0 Å². The Bertz CT molecular complexity index is 538. The number of anilines is 1. The third-order valence-corrected chi connectivity index (χ3v) is 5.04. The van der Waals surface area contributed by atoms with Crippen molar-refractivity contribution in [2.45, 2.75) is 57.5 Å². The Kier molecular flexibility index (Phi) is 9.54. The summed E-state index contributed by atoms with van der Waals surface area (Å²) in [6.45, 7) is 2.75. The average molecular weight is 389 g/mol. The predicted molar refractivity (Wildman–Crippen MR) is 107 cm³/mol. The first-order valence-electron chi connectivity index (χ1n) is 8.95. The molecule has 3 rings (SSSR count). The first-order chi connectivity index (χ1) is 11.2. The molecule has 2 fully saturated rings. The van der Waals surface area contributed by atoms with Gasteiger partial charge in [0.2, 0.25) is 5.91 Å². The van der Waals surface area contributed by atoms with Crippen molar-refractivity contribution in [3.05, 3.63) is 23.9 Å². The quantitative estimate of drug-likeness (QED) is 0.831. The SMILES string of the molecule is Cl.Cl.NC1CCCC(C(=O)NCc2ccnc(N3CCCCC3)c2)C1. The summed E-state index contributed by atoms with van der Waals surface area (Å²) in [7, 11) is 0. The van der Waals surface area contributed by atoms with Crippen LogP contribution < -0.4 is 16.0 Å². The minimum absolute atomic E-state index is 0. The van der Waals surface area contributed by atoms with E-state index in [0.29, 0.717) is 6.54 Å². The summed E-state index contributed by atoms with van der Waals surface area (Å²) in [5, 5.41) is 3.08. The summed E-state index contributed by atoms with van der Waals surface area (Å²) in [4.78, 5) is 19.1. The van der Waals surface area contributed by atoms with Crippen LogP contribution in [-0.2, 0) is 11.3 Å². The topological polar surface area (TPSA) is 71.2 Å². The lowest BCUT2D eigenvalue weighted by molar-refractivity contribution is -0.126. The molecule has 0 spiro atoms. The first-order valence-corrected chi connectivity index (χ1v) is 8.95. The maximum absolute atomic E-state index is 12.3. The van der Waals surface area contributed by atoms with Crippen molar-refractivity contribution >= 4 is 36.5 Å². The molecule has 0 radical (unpaired) electrons. The molecule has 1 aliphatic heterocycles. The zero-order valence-corrected chi connectivity index (χ0v) is 16.3. The highest BCUT2D eigenvalue weighted by molar-refractivity contribution is 5.85. The molecule has 2 heterocycles. The van der Waals surface area contributed by atoms with Crippen molar-refractivity contribution < 1.29 is 4.79 Å².